The van der Waals surface area contributed by atoms with Gasteiger partial charge in [0.15, 0.2) is 62.2 Å². The molecule has 33 nitrogen and oxygen atoms in total. The number of rotatable bonds is 31. The Labute approximate surface area is 677 Å². The van der Waals surface area contributed by atoms with Crippen molar-refractivity contribution in [3.63, 3.8) is 0 Å². The number of esters is 6. The van der Waals surface area contributed by atoms with Crippen LogP contribution in [0.3, 0.4) is 0 Å². The molecule has 7 saturated heterocycles. The number of fused-ring (bicyclic) bond motifs is 3. The van der Waals surface area contributed by atoms with E-state index in [1.165, 1.54) is 115 Å². The summed E-state index contributed by atoms with van der Waals surface area (Å²) in [7, 11) is 8.35. The zero-order valence-corrected chi connectivity index (χ0v) is 64.8. The summed E-state index contributed by atoms with van der Waals surface area (Å²) in [5.41, 5.74) is 10.5. The third kappa shape index (κ3) is 19.3. The zero-order chi connectivity index (χ0) is 82.2. The molecule has 7 aromatic carbocycles. The average Bonchev–Trinajstić information content (AvgIpc) is 0.926. The second-order valence-electron chi connectivity index (χ2n) is 28.2. The van der Waals surface area contributed by atoms with Crippen molar-refractivity contribution >= 4 is 35.8 Å². The van der Waals surface area contributed by atoms with Gasteiger partial charge in [0, 0.05) is 53.1 Å². The molecule has 0 amide bonds. The van der Waals surface area contributed by atoms with Crippen LogP contribution in [0.2, 0.25) is 0 Å². The summed E-state index contributed by atoms with van der Waals surface area (Å²) in [6.07, 6.45) is -35.9. The highest BCUT2D eigenvalue weighted by atomic mass is 16.8. The van der Waals surface area contributed by atoms with Gasteiger partial charge in [0.25, 0.3) is 0 Å². The van der Waals surface area contributed by atoms with Gasteiger partial charge in [-0.15, -0.1) is 0 Å². The number of ether oxygens (including phenoxy) is 24. The Morgan fingerprint density at radius 3 is 1.08 bits per heavy atom. The van der Waals surface area contributed by atoms with Crippen LogP contribution in [-0.4, -0.2) is 265 Å². The Bertz CT molecular complexity index is 4480. The maximum Gasteiger partial charge on any atom is 0.338 e. The fourth-order valence-corrected chi connectivity index (χ4v) is 15.3. The van der Waals surface area contributed by atoms with E-state index in [2.05, 4.69) is 10.0 Å². The van der Waals surface area contributed by atoms with Crippen LogP contribution in [-0.2, 0) is 114 Å². The van der Waals surface area contributed by atoms with E-state index >= 15 is 9.59 Å². The van der Waals surface area contributed by atoms with E-state index in [-0.39, 0.29) is 53.2 Å². The Balaban J connectivity index is 0.870. The summed E-state index contributed by atoms with van der Waals surface area (Å²) in [6.45, 7) is -1.88. The lowest BCUT2D eigenvalue weighted by molar-refractivity contribution is -0.398. The lowest BCUT2D eigenvalue weighted by Crippen LogP contribution is -2.69. The largest absolute Gasteiger partial charge is 0.459 e. The second-order valence-corrected chi connectivity index (χ2v) is 28.2. The highest BCUT2D eigenvalue weighted by molar-refractivity contribution is 5.92. The highest BCUT2D eigenvalue weighted by Gasteiger charge is 2.62. The lowest BCUT2D eigenvalue weighted by atomic mass is 9.94. The van der Waals surface area contributed by atoms with Gasteiger partial charge in [0.05, 0.1) is 59.3 Å². The molecule has 624 valence electrons. The molecule has 0 radical (unpaired) electrons. The summed E-state index contributed by atoms with van der Waals surface area (Å²) in [5, 5.41) is 3.93. The van der Waals surface area contributed by atoms with E-state index < -0.39 is 209 Å². The molecule has 7 fully saturated rings. The number of azide groups is 1. The first-order valence-electron chi connectivity index (χ1n) is 38.2. The average molecular weight is 1630 g/mol. The van der Waals surface area contributed by atoms with Crippen molar-refractivity contribution < 1.29 is 142 Å². The van der Waals surface area contributed by atoms with Gasteiger partial charge in [-0.2, -0.15) is 0 Å². The van der Waals surface area contributed by atoms with Crippen LogP contribution in [0.15, 0.2) is 217 Å². The van der Waals surface area contributed by atoms with Crippen LogP contribution < -0.4 is 0 Å². The molecular weight excluding hydrogens is 1540 g/mol. The summed E-state index contributed by atoms with van der Waals surface area (Å²) in [6, 6.07) is 55.3. The SMILES string of the molecule is COC[C@@H]1O[C@@H](O[C@H]2C3CO[C@H](O3)C(N=[N+]=[N-])[C@@H]2OC)C(OC)C(OC)[C@@H]1O[C@H]1O[C@@H](COC(=O)c2ccccc2)[C@@H](O[C@@H]2OC(COC(=O)c3ccccc3)[C@@H](O[C@@H]3OC4COC(c5ccccc5)O[C@H]4[C@H](OC(=O)c4ccccc4)C3OC(=O)c3ccccc3)[C@H](OC(=O)c3ccccc3)C2OC(=O)c2ccccc2)C(OC)C1OC. The van der Waals surface area contributed by atoms with Crippen molar-refractivity contribution in [3.05, 3.63) is 262 Å². The predicted octanol–water partition coefficient (Wildman–Crippen LogP) is 8.31. The lowest BCUT2D eigenvalue weighted by Gasteiger charge is -2.52. The summed E-state index contributed by atoms with van der Waals surface area (Å²) >= 11 is 0. The predicted molar refractivity (Wildman–Crippen MR) is 404 cm³/mol. The third-order valence-electron chi connectivity index (χ3n) is 21.0. The van der Waals surface area contributed by atoms with Crippen molar-refractivity contribution in [2.75, 3.05) is 75.7 Å². The number of carbonyl (C=O) groups is 6. The van der Waals surface area contributed by atoms with E-state index in [1.54, 1.807) is 140 Å². The van der Waals surface area contributed by atoms with Crippen LogP contribution in [0.25, 0.3) is 10.4 Å². The molecule has 7 aliphatic heterocycles. The van der Waals surface area contributed by atoms with Gasteiger partial charge in [-0.3, -0.25) is 0 Å². The first-order valence-corrected chi connectivity index (χ1v) is 38.2. The number of nitrogens with zero attached hydrogens (tertiary/aromatic N) is 3. The maximum absolute atomic E-state index is 15.4. The standard InChI is InChI=1S/C85H89N3O30/c1-95-42-54-61(66(97-3)70(99-5)82(106-54)115-60-57-46-104-81(105-57)59(87-88-86)65(60)96-2)116-83-71(100-6)67(98-4)62(55(107-83)43-101-74(89)47-28-14-7-15-29-47)117-84-73(113-79(94)52-38-24-12-25-39-52)69(111-77(92)50-34-20-10-21-35-50)64(56(108-84)44-102-75(90)48-30-16-8-17-31-48)118-85-72(112-78(93)51-36-22-11-23-37-51)68(110-76(91)49-32-18-9-19-33-49)63-58(109-85)45-103-80(114-63)53-40-26-13-27-41-53/h7-41,54-73,80-85H,42-46H2,1-6H3/t54-,55-,56?,57?,58?,59?,60-,61+,62+,63+,64+,65-,66?,67?,68-,69-,70?,71?,72?,73?,80?,81+,82-,83+,84-,85-/m0/s1. The topological polar surface area (TPSA) is 373 Å². The molecule has 11 unspecified atom stereocenters. The molecule has 0 N–H and O–H groups in total. The quantitative estimate of drug-likeness (QED) is 0.0129. The molecule has 7 heterocycles. The number of carbonyl (C=O) groups excluding carboxylic acids is 6. The molecule has 0 spiro atoms. The Morgan fingerprint density at radius 2 is 0.678 bits per heavy atom. The van der Waals surface area contributed by atoms with Gasteiger partial charge in [-0.05, 0) is 78.3 Å². The Kier molecular flexibility index (Phi) is 28.7. The molecule has 0 aliphatic carbocycles. The van der Waals surface area contributed by atoms with E-state index in [1.807, 2.05) is 0 Å². The number of benzene rings is 7. The van der Waals surface area contributed by atoms with E-state index in [0.29, 0.717) is 5.56 Å². The van der Waals surface area contributed by atoms with Crippen molar-refractivity contribution in [3.8, 4) is 0 Å². The Hall–Kier alpha value is -10.1. The summed E-state index contributed by atoms with van der Waals surface area (Å²) < 4.78 is 157. The van der Waals surface area contributed by atoms with E-state index in [0.717, 1.165) is 0 Å². The minimum Gasteiger partial charge on any atom is -0.459 e. The fourth-order valence-electron chi connectivity index (χ4n) is 15.3. The number of methoxy groups -OCH3 is 6. The molecule has 118 heavy (non-hydrogen) atoms. The van der Waals surface area contributed by atoms with Gasteiger partial charge in [0.1, 0.15) is 105 Å². The Morgan fingerprint density at radius 1 is 0.339 bits per heavy atom. The third-order valence-corrected chi connectivity index (χ3v) is 21.0. The van der Waals surface area contributed by atoms with E-state index in [9.17, 15) is 24.7 Å². The van der Waals surface area contributed by atoms with Gasteiger partial charge in [-0.25, -0.2) is 28.8 Å². The number of hydrogen-bond acceptors (Lipinski definition) is 31. The minimum absolute atomic E-state index is 0.0282. The van der Waals surface area contributed by atoms with Crippen LogP contribution in [0.5, 0.6) is 0 Å². The number of hydrogen-bond donors (Lipinski definition) is 0. The monoisotopic (exact) mass is 1630 g/mol. The van der Waals surface area contributed by atoms with Crippen molar-refractivity contribution in [1.29, 1.82) is 0 Å². The van der Waals surface area contributed by atoms with Crippen LogP contribution >= 0.6 is 0 Å². The smallest absolute Gasteiger partial charge is 0.338 e. The zero-order valence-electron chi connectivity index (χ0n) is 64.8. The van der Waals surface area contributed by atoms with Gasteiger partial charge in [0.2, 0.25) is 0 Å². The summed E-state index contributed by atoms with van der Waals surface area (Å²) in [4.78, 5) is 92.3. The molecule has 2 bridgehead atoms. The van der Waals surface area contributed by atoms with Crippen LogP contribution in [0.4, 0.5) is 0 Å². The minimum atomic E-state index is -2.07. The molecule has 0 aromatic heterocycles. The molecule has 33 heteroatoms. The molecular formula is C85H89N3O30. The molecule has 26 atom stereocenters. The summed E-state index contributed by atoms with van der Waals surface area (Å²) in [5.74, 6) is -5.63. The van der Waals surface area contributed by atoms with Gasteiger partial charge >= 0.3 is 35.8 Å². The molecule has 7 aromatic rings. The second kappa shape index (κ2) is 40.1. The van der Waals surface area contributed by atoms with Crippen LogP contribution in [0, 0.1) is 0 Å². The van der Waals surface area contributed by atoms with Gasteiger partial charge in [-0.1, -0.05) is 145 Å². The van der Waals surface area contributed by atoms with Crippen molar-refractivity contribution in [2.24, 2.45) is 5.11 Å². The molecule has 0 saturated carbocycles. The van der Waals surface area contributed by atoms with Crippen molar-refractivity contribution in [1.82, 2.24) is 0 Å². The van der Waals surface area contributed by atoms with Crippen molar-refractivity contribution in [2.45, 2.75) is 160 Å². The van der Waals surface area contributed by atoms with Crippen LogP contribution in [0.1, 0.15) is 74.0 Å². The first kappa shape index (κ1) is 84.4. The van der Waals surface area contributed by atoms with E-state index in [4.69, 9.17) is 114 Å². The fraction of sp³-hybridized carbons (Fsp3) is 0.435. The maximum atomic E-state index is 15.4. The van der Waals surface area contributed by atoms with Gasteiger partial charge < -0.3 is 114 Å². The normalized spacial score (nSPS) is 32.3. The molecule has 14 rings (SSSR count). The molecule has 7 aliphatic rings. The highest BCUT2D eigenvalue weighted by Crippen LogP contribution is 2.44. The first-order chi connectivity index (χ1) is 57.7.